The predicted octanol–water partition coefficient (Wildman–Crippen LogP) is 3.18. The van der Waals surface area contributed by atoms with Gasteiger partial charge in [0.25, 0.3) is 5.91 Å². The van der Waals surface area contributed by atoms with E-state index in [9.17, 15) is 4.79 Å². The minimum absolute atomic E-state index is 0.167. The maximum Gasteiger partial charge on any atom is 0.270 e. The van der Waals surface area contributed by atoms with Gasteiger partial charge in [-0.1, -0.05) is 30.3 Å². The molecule has 3 rings (SSSR count). The van der Waals surface area contributed by atoms with E-state index in [4.69, 9.17) is 0 Å². The van der Waals surface area contributed by atoms with Crippen LogP contribution in [0.1, 0.15) is 21.7 Å². The highest BCUT2D eigenvalue weighted by Crippen LogP contribution is 2.23. The number of amides is 1. The van der Waals surface area contributed by atoms with E-state index >= 15 is 0 Å². The summed E-state index contributed by atoms with van der Waals surface area (Å²) in [4.78, 5) is 23.4. The summed E-state index contributed by atoms with van der Waals surface area (Å²) in [6.45, 7) is 1.37. The monoisotopic (exact) mass is 360 g/mol. The molecule has 138 valence electrons. The van der Waals surface area contributed by atoms with Gasteiger partial charge in [-0.05, 0) is 49.5 Å². The molecular weight excluding hydrogens is 336 g/mol. The van der Waals surface area contributed by atoms with Crippen LogP contribution in [0.3, 0.4) is 0 Å². The zero-order chi connectivity index (χ0) is 19.1. The lowest BCUT2D eigenvalue weighted by Crippen LogP contribution is -2.27. The van der Waals surface area contributed by atoms with Crippen molar-refractivity contribution in [1.29, 1.82) is 0 Å². The number of hydrogen-bond donors (Lipinski definition) is 1. The maximum atomic E-state index is 12.7. The fraction of sp³-hybridized carbons (Fsp3) is 0.227. The van der Waals surface area contributed by atoms with E-state index in [0.717, 1.165) is 23.4 Å². The molecule has 0 aliphatic rings. The van der Waals surface area contributed by atoms with Gasteiger partial charge in [0.2, 0.25) is 0 Å². The molecule has 0 radical (unpaired) electrons. The SMILES string of the molecule is CN(C)Cc1cccc(-c2cccnc2C(=O)NCCc2ccccn2)c1. The topological polar surface area (TPSA) is 58.1 Å². The quantitative estimate of drug-likeness (QED) is 0.703. The molecular formula is C22H24N4O. The Bertz CT molecular complexity index is 894. The molecule has 0 saturated carbocycles. The average molecular weight is 360 g/mol. The lowest BCUT2D eigenvalue weighted by atomic mass is 10.0. The molecule has 0 aliphatic heterocycles. The van der Waals surface area contributed by atoms with Gasteiger partial charge in [-0.3, -0.25) is 14.8 Å². The van der Waals surface area contributed by atoms with Gasteiger partial charge < -0.3 is 10.2 Å². The van der Waals surface area contributed by atoms with Crippen molar-refractivity contribution < 1.29 is 4.79 Å². The third-order valence-corrected chi connectivity index (χ3v) is 4.15. The fourth-order valence-electron chi connectivity index (χ4n) is 2.96. The highest BCUT2D eigenvalue weighted by atomic mass is 16.1. The Morgan fingerprint density at radius 1 is 1.00 bits per heavy atom. The van der Waals surface area contributed by atoms with Gasteiger partial charge in [0.1, 0.15) is 5.69 Å². The number of rotatable bonds is 7. The molecule has 0 saturated heterocycles. The number of nitrogens with zero attached hydrogens (tertiary/aromatic N) is 3. The summed E-state index contributed by atoms with van der Waals surface area (Å²) in [6.07, 6.45) is 4.10. The van der Waals surface area contributed by atoms with Crippen molar-refractivity contribution in [3.63, 3.8) is 0 Å². The highest BCUT2D eigenvalue weighted by molar-refractivity contribution is 5.98. The zero-order valence-corrected chi connectivity index (χ0v) is 15.7. The number of hydrogen-bond acceptors (Lipinski definition) is 4. The third-order valence-electron chi connectivity index (χ3n) is 4.15. The van der Waals surface area contributed by atoms with Crippen molar-refractivity contribution >= 4 is 5.91 Å². The number of pyridine rings is 2. The standard InChI is InChI=1S/C22H24N4O/c1-26(2)16-17-7-5-8-18(15-17)20-10-6-13-24-21(20)22(27)25-14-11-19-9-3-4-12-23-19/h3-10,12-13,15H,11,14,16H2,1-2H3,(H,25,27). The van der Waals surface area contributed by atoms with E-state index in [2.05, 4.69) is 32.3 Å². The second-order valence-electron chi connectivity index (χ2n) is 6.66. The van der Waals surface area contributed by atoms with E-state index < -0.39 is 0 Å². The molecule has 0 bridgehead atoms. The van der Waals surface area contributed by atoms with Crippen LogP contribution < -0.4 is 5.32 Å². The summed E-state index contributed by atoms with van der Waals surface area (Å²) in [5.41, 5.74) is 4.43. The number of carbonyl (C=O) groups is 1. The molecule has 0 spiro atoms. The van der Waals surface area contributed by atoms with Crippen LogP contribution in [0.4, 0.5) is 0 Å². The second-order valence-corrected chi connectivity index (χ2v) is 6.66. The Hall–Kier alpha value is -3.05. The molecule has 0 aliphatic carbocycles. The number of carbonyl (C=O) groups excluding carboxylic acids is 1. The van der Waals surface area contributed by atoms with Crippen molar-refractivity contribution in [3.05, 3.63) is 83.9 Å². The molecule has 0 atom stereocenters. The molecule has 1 N–H and O–H groups in total. The molecule has 0 fully saturated rings. The lowest BCUT2D eigenvalue weighted by Gasteiger charge is -2.13. The van der Waals surface area contributed by atoms with Crippen LogP contribution in [0.2, 0.25) is 0 Å². The maximum absolute atomic E-state index is 12.7. The summed E-state index contributed by atoms with van der Waals surface area (Å²) in [5, 5.41) is 2.95. The Balaban J connectivity index is 1.74. The number of nitrogens with one attached hydrogen (secondary N) is 1. The van der Waals surface area contributed by atoms with E-state index in [1.54, 1.807) is 12.4 Å². The largest absolute Gasteiger partial charge is 0.350 e. The Labute approximate surface area is 160 Å². The van der Waals surface area contributed by atoms with Crippen LogP contribution in [0.15, 0.2) is 67.0 Å². The first-order chi connectivity index (χ1) is 13.1. The minimum atomic E-state index is -0.167. The summed E-state index contributed by atoms with van der Waals surface area (Å²) in [6, 6.07) is 17.8. The van der Waals surface area contributed by atoms with E-state index in [1.165, 1.54) is 5.56 Å². The van der Waals surface area contributed by atoms with Crippen LogP contribution in [0.25, 0.3) is 11.1 Å². The summed E-state index contributed by atoms with van der Waals surface area (Å²) in [7, 11) is 4.08. The average Bonchev–Trinajstić information content (AvgIpc) is 2.68. The fourth-order valence-corrected chi connectivity index (χ4v) is 2.96. The molecule has 2 aromatic heterocycles. The van der Waals surface area contributed by atoms with Crippen molar-refractivity contribution in [1.82, 2.24) is 20.2 Å². The van der Waals surface area contributed by atoms with Crippen molar-refractivity contribution in [2.24, 2.45) is 0 Å². The van der Waals surface area contributed by atoms with Crippen LogP contribution in [-0.2, 0) is 13.0 Å². The summed E-state index contributed by atoms with van der Waals surface area (Å²) >= 11 is 0. The van der Waals surface area contributed by atoms with Crippen molar-refractivity contribution in [3.8, 4) is 11.1 Å². The molecule has 5 nitrogen and oxygen atoms in total. The highest BCUT2D eigenvalue weighted by Gasteiger charge is 2.14. The zero-order valence-electron chi connectivity index (χ0n) is 15.7. The van der Waals surface area contributed by atoms with Crippen molar-refractivity contribution in [2.75, 3.05) is 20.6 Å². The first kappa shape index (κ1) is 18.7. The molecule has 5 heteroatoms. The normalized spacial score (nSPS) is 10.8. The Morgan fingerprint density at radius 3 is 2.63 bits per heavy atom. The van der Waals surface area contributed by atoms with Gasteiger partial charge in [0.05, 0.1) is 0 Å². The first-order valence-electron chi connectivity index (χ1n) is 9.00. The van der Waals surface area contributed by atoms with E-state index in [-0.39, 0.29) is 5.91 Å². The Kier molecular flexibility index (Phi) is 6.28. The van der Waals surface area contributed by atoms with Gasteiger partial charge in [0, 0.05) is 43.2 Å². The second kappa shape index (κ2) is 9.05. The van der Waals surface area contributed by atoms with E-state index in [0.29, 0.717) is 18.7 Å². The molecule has 0 unspecified atom stereocenters. The van der Waals surface area contributed by atoms with Crippen LogP contribution in [0, 0.1) is 0 Å². The smallest absolute Gasteiger partial charge is 0.270 e. The van der Waals surface area contributed by atoms with Gasteiger partial charge in [0.15, 0.2) is 0 Å². The van der Waals surface area contributed by atoms with Crippen LogP contribution >= 0.6 is 0 Å². The molecule has 3 aromatic rings. The first-order valence-corrected chi connectivity index (χ1v) is 9.00. The van der Waals surface area contributed by atoms with Crippen LogP contribution in [-0.4, -0.2) is 41.4 Å². The summed E-state index contributed by atoms with van der Waals surface area (Å²) < 4.78 is 0. The number of aromatic nitrogens is 2. The van der Waals surface area contributed by atoms with Gasteiger partial charge >= 0.3 is 0 Å². The lowest BCUT2D eigenvalue weighted by molar-refractivity contribution is 0.0950. The van der Waals surface area contributed by atoms with Gasteiger partial charge in [-0.2, -0.15) is 0 Å². The van der Waals surface area contributed by atoms with Gasteiger partial charge in [-0.15, -0.1) is 0 Å². The molecule has 1 aromatic carbocycles. The van der Waals surface area contributed by atoms with Crippen LogP contribution in [0.5, 0.6) is 0 Å². The molecule has 1 amide bonds. The summed E-state index contributed by atoms with van der Waals surface area (Å²) in [5.74, 6) is -0.167. The minimum Gasteiger partial charge on any atom is -0.350 e. The molecule has 27 heavy (non-hydrogen) atoms. The predicted molar refractivity (Wildman–Crippen MR) is 107 cm³/mol. The van der Waals surface area contributed by atoms with Crippen molar-refractivity contribution in [2.45, 2.75) is 13.0 Å². The third kappa shape index (κ3) is 5.21. The molecule has 2 heterocycles. The number of benzene rings is 1. The van der Waals surface area contributed by atoms with E-state index in [1.807, 2.05) is 56.6 Å². The van der Waals surface area contributed by atoms with Gasteiger partial charge in [-0.25, -0.2) is 0 Å². The Morgan fingerprint density at radius 2 is 1.85 bits per heavy atom.